The van der Waals surface area contributed by atoms with Gasteiger partial charge in [-0.2, -0.15) is 0 Å². The Balaban J connectivity index is 2.75. The van der Waals surface area contributed by atoms with Crippen LogP contribution < -0.4 is 11.1 Å². The number of alkyl halides is 2. The molecule has 0 aliphatic heterocycles. The van der Waals surface area contributed by atoms with Crippen LogP contribution in [0.3, 0.4) is 0 Å². The molecule has 100 valence electrons. The average Bonchev–Trinajstić information content (AvgIpc) is 2.35. The summed E-state index contributed by atoms with van der Waals surface area (Å²) in [5, 5.41) is 21.5. The molecule has 18 heavy (non-hydrogen) atoms. The zero-order valence-electron chi connectivity index (χ0n) is 9.38. The van der Waals surface area contributed by atoms with Crippen LogP contribution in [0.25, 0.3) is 0 Å². The van der Waals surface area contributed by atoms with Crippen LogP contribution >= 0.6 is 23.2 Å². The summed E-state index contributed by atoms with van der Waals surface area (Å²) in [5.41, 5.74) is 6.59. The fraction of sp³-hybridized carbons (Fsp3) is 0.364. The van der Waals surface area contributed by atoms with Crippen molar-refractivity contribution in [3.05, 3.63) is 29.8 Å². The summed E-state index contributed by atoms with van der Waals surface area (Å²) in [6.07, 6.45) is -1.08. The number of carbonyl (C=O) groups is 1. The lowest BCUT2D eigenvalue weighted by Crippen LogP contribution is -2.44. The first kappa shape index (κ1) is 15.0. The van der Waals surface area contributed by atoms with Gasteiger partial charge in [0.15, 0.2) is 4.84 Å². The van der Waals surface area contributed by atoms with Crippen LogP contribution in [0.5, 0.6) is 0 Å². The number of aliphatic hydroxyl groups excluding tert-OH is 2. The van der Waals surface area contributed by atoms with Crippen LogP contribution in [-0.4, -0.2) is 33.6 Å². The minimum absolute atomic E-state index is 0.447. The van der Waals surface area contributed by atoms with Gasteiger partial charge >= 0.3 is 0 Å². The smallest absolute Gasteiger partial charge is 0.253 e. The molecule has 2 atom stereocenters. The fourth-order valence-corrected chi connectivity index (χ4v) is 1.52. The van der Waals surface area contributed by atoms with E-state index in [2.05, 4.69) is 5.32 Å². The lowest BCUT2D eigenvalue weighted by molar-refractivity contribution is -0.121. The number of carbonyl (C=O) groups excluding carboxylic acids is 1. The number of hydrogen-bond acceptors (Lipinski definition) is 4. The number of anilines is 1. The van der Waals surface area contributed by atoms with Gasteiger partial charge in [-0.05, 0) is 17.7 Å². The van der Waals surface area contributed by atoms with E-state index >= 15 is 0 Å². The van der Waals surface area contributed by atoms with Gasteiger partial charge in [-0.15, -0.1) is 0 Å². The van der Waals surface area contributed by atoms with Crippen LogP contribution in [0.2, 0.25) is 0 Å². The van der Waals surface area contributed by atoms with Gasteiger partial charge < -0.3 is 21.3 Å². The van der Waals surface area contributed by atoms with Gasteiger partial charge in [0, 0.05) is 5.69 Å². The molecule has 5 nitrogen and oxygen atoms in total. The third-order valence-corrected chi connectivity index (χ3v) is 2.78. The molecule has 0 unspecified atom stereocenters. The predicted molar refractivity (Wildman–Crippen MR) is 70.3 cm³/mol. The van der Waals surface area contributed by atoms with Crippen molar-refractivity contribution in [3.63, 3.8) is 0 Å². The second-order valence-corrected chi connectivity index (χ2v) is 4.81. The Morgan fingerprint density at radius 1 is 1.33 bits per heavy atom. The van der Waals surface area contributed by atoms with Crippen LogP contribution in [0, 0.1) is 0 Å². The number of nitrogens with one attached hydrogen (secondary N) is 1. The molecule has 0 aliphatic rings. The summed E-state index contributed by atoms with van der Waals surface area (Å²) in [4.78, 5) is 10.0. The van der Waals surface area contributed by atoms with Gasteiger partial charge in [0.05, 0.1) is 12.6 Å². The molecule has 0 radical (unpaired) electrons. The number of hydrogen-bond donors (Lipinski definition) is 4. The van der Waals surface area contributed by atoms with E-state index in [1.165, 1.54) is 0 Å². The van der Waals surface area contributed by atoms with Gasteiger partial charge in [-0.3, -0.25) is 4.79 Å². The zero-order valence-corrected chi connectivity index (χ0v) is 10.9. The average molecular weight is 293 g/mol. The molecular formula is C11H14Cl2N2O3. The fourth-order valence-electron chi connectivity index (χ4n) is 1.40. The second-order valence-electron chi connectivity index (χ2n) is 3.71. The monoisotopic (exact) mass is 292 g/mol. The SMILES string of the molecule is Nc1ccc([C@@H](O)[C@@H](CO)NC(=O)C(Cl)Cl)cc1. The Bertz CT molecular complexity index is 398. The normalized spacial score (nSPS) is 14.3. The summed E-state index contributed by atoms with van der Waals surface area (Å²) in [5.74, 6) is -0.674. The molecule has 0 fully saturated rings. The Hall–Kier alpha value is -1.01. The first-order chi connectivity index (χ1) is 8.45. The number of amides is 1. The standard InChI is InChI=1S/C11H14Cl2N2O3/c12-10(13)11(18)15-8(5-16)9(17)6-1-3-7(14)4-2-6/h1-4,8-10,16-17H,5,14H2,(H,15,18)/t8-,9-/m1/s1. The lowest BCUT2D eigenvalue weighted by Gasteiger charge is -2.22. The summed E-state index contributed by atoms with van der Waals surface area (Å²) in [7, 11) is 0. The lowest BCUT2D eigenvalue weighted by atomic mass is 10.0. The van der Waals surface area contributed by atoms with Gasteiger partial charge in [-0.1, -0.05) is 35.3 Å². The largest absolute Gasteiger partial charge is 0.399 e. The quantitative estimate of drug-likeness (QED) is 0.472. The first-order valence-corrected chi connectivity index (χ1v) is 6.06. The third-order valence-electron chi connectivity index (χ3n) is 2.38. The number of rotatable bonds is 5. The highest BCUT2D eigenvalue weighted by Gasteiger charge is 2.24. The van der Waals surface area contributed by atoms with Gasteiger partial charge in [-0.25, -0.2) is 0 Å². The molecule has 7 heteroatoms. The van der Waals surface area contributed by atoms with Crippen LogP contribution in [0.15, 0.2) is 24.3 Å². The Kier molecular flexibility index (Phi) is 5.68. The van der Waals surface area contributed by atoms with E-state index in [0.717, 1.165) is 0 Å². The number of halogens is 2. The van der Waals surface area contributed by atoms with Crippen molar-refractivity contribution < 1.29 is 15.0 Å². The van der Waals surface area contributed by atoms with Crippen LogP contribution in [-0.2, 0) is 4.79 Å². The Morgan fingerprint density at radius 3 is 2.33 bits per heavy atom. The van der Waals surface area contributed by atoms with E-state index in [0.29, 0.717) is 11.3 Å². The van der Waals surface area contributed by atoms with Crippen molar-refractivity contribution in [3.8, 4) is 0 Å². The summed E-state index contributed by atoms with van der Waals surface area (Å²) in [6.45, 7) is -0.447. The molecular weight excluding hydrogens is 279 g/mol. The summed E-state index contributed by atoms with van der Waals surface area (Å²) in [6, 6.07) is 5.55. The van der Waals surface area contributed by atoms with E-state index in [9.17, 15) is 9.90 Å². The van der Waals surface area contributed by atoms with E-state index in [1.807, 2.05) is 0 Å². The van der Waals surface area contributed by atoms with Crippen molar-refractivity contribution >= 4 is 34.8 Å². The van der Waals surface area contributed by atoms with Crippen molar-refractivity contribution in [1.29, 1.82) is 0 Å². The predicted octanol–water partition coefficient (Wildman–Crippen LogP) is 0.583. The molecule has 0 aromatic heterocycles. The minimum atomic E-state index is -1.25. The molecule has 0 spiro atoms. The second kappa shape index (κ2) is 6.80. The van der Waals surface area contributed by atoms with Crippen molar-refractivity contribution in [2.24, 2.45) is 0 Å². The van der Waals surface area contributed by atoms with E-state index < -0.39 is 29.5 Å². The Labute approximate surface area is 115 Å². The van der Waals surface area contributed by atoms with Crippen LogP contribution in [0.4, 0.5) is 5.69 Å². The number of nitrogen functional groups attached to an aromatic ring is 1. The van der Waals surface area contributed by atoms with Crippen molar-refractivity contribution in [2.75, 3.05) is 12.3 Å². The molecule has 1 aromatic carbocycles. The number of aliphatic hydroxyl groups is 2. The number of nitrogens with two attached hydrogens (primary N) is 1. The molecule has 5 N–H and O–H groups in total. The van der Waals surface area contributed by atoms with Gasteiger partial charge in [0.2, 0.25) is 0 Å². The first-order valence-electron chi connectivity index (χ1n) is 5.18. The molecule has 1 aromatic rings. The van der Waals surface area contributed by atoms with Gasteiger partial charge in [0.25, 0.3) is 5.91 Å². The van der Waals surface area contributed by atoms with Crippen molar-refractivity contribution in [2.45, 2.75) is 17.0 Å². The zero-order chi connectivity index (χ0) is 13.7. The maximum absolute atomic E-state index is 11.3. The molecule has 0 aliphatic carbocycles. The highest BCUT2D eigenvalue weighted by atomic mass is 35.5. The summed E-state index contributed by atoms with van der Waals surface area (Å²) >= 11 is 10.7. The van der Waals surface area contributed by atoms with E-state index in [-0.39, 0.29) is 0 Å². The molecule has 1 amide bonds. The third kappa shape index (κ3) is 4.03. The minimum Gasteiger partial charge on any atom is -0.399 e. The maximum atomic E-state index is 11.3. The van der Waals surface area contributed by atoms with Crippen molar-refractivity contribution in [1.82, 2.24) is 5.32 Å². The molecule has 0 bridgehead atoms. The highest BCUT2D eigenvalue weighted by molar-refractivity contribution is 6.53. The number of benzene rings is 1. The topological polar surface area (TPSA) is 95.6 Å². The van der Waals surface area contributed by atoms with Gasteiger partial charge in [0.1, 0.15) is 6.10 Å². The Morgan fingerprint density at radius 2 is 1.89 bits per heavy atom. The van der Waals surface area contributed by atoms with E-state index in [4.69, 9.17) is 34.0 Å². The van der Waals surface area contributed by atoms with E-state index in [1.54, 1.807) is 24.3 Å². The molecule has 0 heterocycles. The molecule has 0 saturated carbocycles. The maximum Gasteiger partial charge on any atom is 0.253 e. The highest BCUT2D eigenvalue weighted by Crippen LogP contribution is 2.18. The van der Waals surface area contributed by atoms with Crippen LogP contribution in [0.1, 0.15) is 11.7 Å². The summed E-state index contributed by atoms with van der Waals surface area (Å²) < 4.78 is 0. The molecule has 1 rings (SSSR count). The molecule has 0 saturated heterocycles.